The van der Waals surface area contributed by atoms with Crippen molar-refractivity contribution in [3.63, 3.8) is 0 Å². The van der Waals surface area contributed by atoms with Crippen LogP contribution in [-0.2, 0) is 4.79 Å². The van der Waals surface area contributed by atoms with Crippen LogP contribution < -0.4 is 5.32 Å². The first kappa shape index (κ1) is 20.6. The summed E-state index contributed by atoms with van der Waals surface area (Å²) < 4.78 is 2.06. The Morgan fingerprint density at radius 1 is 1.07 bits per heavy atom. The Morgan fingerprint density at radius 3 is 2.47 bits per heavy atom. The van der Waals surface area contributed by atoms with Gasteiger partial charge in [0.2, 0.25) is 0 Å². The number of benzene rings is 2. The summed E-state index contributed by atoms with van der Waals surface area (Å²) in [6, 6.07) is 18.0. The number of amides is 1. The summed E-state index contributed by atoms with van der Waals surface area (Å²) >= 11 is 0. The SMILES string of the molecule is Cc1cccc(-n2c(C)cc(C=C(C#N)C(=O)Nc3ccccc3C(=O)O)c2C)c1. The third kappa shape index (κ3) is 4.15. The lowest BCUT2D eigenvalue weighted by Gasteiger charge is -2.10. The van der Waals surface area contributed by atoms with Gasteiger partial charge in [0, 0.05) is 17.1 Å². The predicted octanol–water partition coefficient (Wildman–Crippen LogP) is 4.65. The molecule has 0 aliphatic carbocycles. The van der Waals surface area contributed by atoms with Crippen LogP contribution in [0.25, 0.3) is 11.8 Å². The number of anilines is 1. The van der Waals surface area contributed by atoms with E-state index in [1.165, 1.54) is 18.2 Å². The molecule has 1 aromatic heterocycles. The van der Waals surface area contributed by atoms with Crippen molar-refractivity contribution in [2.24, 2.45) is 0 Å². The summed E-state index contributed by atoms with van der Waals surface area (Å²) in [4.78, 5) is 24.0. The fourth-order valence-electron chi connectivity index (χ4n) is 3.37. The standard InChI is InChI=1S/C24H21N3O3/c1-15-7-6-8-20(11-15)27-16(2)12-18(17(27)3)13-19(14-25)23(28)26-22-10-5-4-9-21(22)24(29)30/h4-13H,1-3H3,(H,26,28)(H,29,30). The normalized spacial score (nSPS) is 11.1. The number of para-hydroxylation sites is 1. The summed E-state index contributed by atoms with van der Waals surface area (Å²) in [7, 11) is 0. The van der Waals surface area contributed by atoms with E-state index in [1.54, 1.807) is 12.1 Å². The van der Waals surface area contributed by atoms with Gasteiger partial charge in [-0.25, -0.2) is 4.79 Å². The fraction of sp³-hybridized carbons (Fsp3) is 0.125. The first-order valence-corrected chi connectivity index (χ1v) is 9.33. The largest absolute Gasteiger partial charge is 0.478 e. The first-order chi connectivity index (χ1) is 14.3. The Kier molecular flexibility index (Phi) is 5.84. The van der Waals surface area contributed by atoms with Gasteiger partial charge in [0.15, 0.2) is 0 Å². The molecule has 0 bridgehead atoms. The lowest BCUT2D eigenvalue weighted by molar-refractivity contribution is -0.112. The lowest BCUT2D eigenvalue weighted by Crippen LogP contribution is -2.16. The molecule has 0 aliphatic rings. The van der Waals surface area contributed by atoms with Crippen molar-refractivity contribution in [1.82, 2.24) is 4.57 Å². The summed E-state index contributed by atoms with van der Waals surface area (Å²) in [5.41, 5.74) is 4.73. The highest BCUT2D eigenvalue weighted by Gasteiger charge is 2.16. The molecule has 150 valence electrons. The zero-order valence-electron chi connectivity index (χ0n) is 16.9. The van der Waals surface area contributed by atoms with E-state index < -0.39 is 11.9 Å². The number of nitrogens with one attached hydrogen (secondary N) is 1. The molecule has 3 rings (SSSR count). The topological polar surface area (TPSA) is 95.1 Å². The van der Waals surface area contributed by atoms with Gasteiger partial charge < -0.3 is 15.0 Å². The molecule has 0 fully saturated rings. The van der Waals surface area contributed by atoms with Gasteiger partial charge in [-0.2, -0.15) is 5.26 Å². The molecule has 0 spiro atoms. The van der Waals surface area contributed by atoms with Crippen LogP contribution in [0.15, 0.2) is 60.2 Å². The maximum Gasteiger partial charge on any atom is 0.337 e. The molecule has 2 N–H and O–H groups in total. The highest BCUT2D eigenvalue weighted by molar-refractivity contribution is 6.11. The van der Waals surface area contributed by atoms with Crippen LogP contribution in [0, 0.1) is 32.1 Å². The number of nitrogens with zero attached hydrogens (tertiary/aromatic N) is 2. The zero-order chi connectivity index (χ0) is 21.8. The van der Waals surface area contributed by atoms with Crippen LogP contribution in [0.4, 0.5) is 5.69 Å². The number of aromatic carboxylic acids is 1. The van der Waals surface area contributed by atoms with Gasteiger partial charge in [-0.15, -0.1) is 0 Å². The van der Waals surface area contributed by atoms with E-state index >= 15 is 0 Å². The molecule has 0 radical (unpaired) electrons. The van der Waals surface area contributed by atoms with Crippen molar-refractivity contribution in [2.75, 3.05) is 5.32 Å². The number of hydrogen-bond acceptors (Lipinski definition) is 3. The molecule has 6 heteroatoms. The van der Waals surface area contributed by atoms with Gasteiger partial charge in [-0.1, -0.05) is 24.3 Å². The van der Waals surface area contributed by atoms with Gasteiger partial charge in [0.25, 0.3) is 5.91 Å². The molecule has 30 heavy (non-hydrogen) atoms. The second-order valence-electron chi connectivity index (χ2n) is 6.98. The number of aromatic nitrogens is 1. The maximum atomic E-state index is 12.6. The second-order valence-corrected chi connectivity index (χ2v) is 6.98. The number of carbonyl (C=O) groups excluding carboxylic acids is 1. The van der Waals surface area contributed by atoms with E-state index in [0.717, 1.165) is 28.2 Å². The second kappa shape index (κ2) is 8.50. The Bertz CT molecular complexity index is 1210. The Morgan fingerprint density at radius 2 is 1.80 bits per heavy atom. The van der Waals surface area contributed by atoms with Crippen LogP contribution in [0.3, 0.4) is 0 Å². The first-order valence-electron chi connectivity index (χ1n) is 9.33. The Hall–Kier alpha value is -4.11. The number of nitriles is 1. The monoisotopic (exact) mass is 399 g/mol. The molecule has 0 saturated carbocycles. The zero-order valence-corrected chi connectivity index (χ0v) is 16.9. The van der Waals surface area contributed by atoms with Crippen LogP contribution in [0.1, 0.15) is 32.9 Å². The molecule has 0 unspecified atom stereocenters. The number of rotatable bonds is 5. The maximum absolute atomic E-state index is 12.6. The highest BCUT2D eigenvalue weighted by atomic mass is 16.4. The van der Waals surface area contributed by atoms with Gasteiger partial charge in [0.1, 0.15) is 11.6 Å². The molecule has 0 aliphatic heterocycles. The summed E-state index contributed by atoms with van der Waals surface area (Å²) in [6.07, 6.45) is 1.52. The van der Waals surface area contributed by atoms with Crippen LogP contribution >= 0.6 is 0 Å². The Labute approximate surface area is 174 Å². The van der Waals surface area contributed by atoms with E-state index in [4.69, 9.17) is 0 Å². The third-order valence-corrected chi connectivity index (χ3v) is 4.80. The summed E-state index contributed by atoms with van der Waals surface area (Å²) in [5, 5.41) is 21.3. The van der Waals surface area contributed by atoms with Crippen LogP contribution in [-0.4, -0.2) is 21.6 Å². The molecular weight excluding hydrogens is 378 g/mol. The number of carboxylic acid groups (broad SMARTS) is 1. The van der Waals surface area contributed by atoms with E-state index in [0.29, 0.717) is 0 Å². The molecule has 1 amide bonds. The van der Waals surface area contributed by atoms with Crippen molar-refractivity contribution in [3.05, 3.63) is 88.2 Å². The number of carbonyl (C=O) groups is 2. The molecule has 0 atom stereocenters. The van der Waals surface area contributed by atoms with Crippen LogP contribution in [0.5, 0.6) is 0 Å². The molecule has 6 nitrogen and oxygen atoms in total. The van der Waals surface area contributed by atoms with Crippen molar-refractivity contribution in [1.29, 1.82) is 5.26 Å². The third-order valence-electron chi connectivity index (χ3n) is 4.80. The van der Waals surface area contributed by atoms with Crippen molar-refractivity contribution in [2.45, 2.75) is 20.8 Å². The number of carboxylic acids is 1. The van der Waals surface area contributed by atoms with Gasteiger partial charge >= 0.3 is 5.97 Å². The summed E-state index contributed by atoms with van der Waals surface area (Å²) in [6.45, 7) is 5.90. The van der Waals surface area contributed by atoms with Crippen molar-refractivity contribution < 1.29 is 14.7 Å². The van der Waals surface area contributed by atoms with Gasteiger partial charge in [-0.05, 0) is 68.3 Å². The van der Waals surface area contributed by atoms with Crippen molar-refractivity contribution in [3.8, 4) is 11.8 Å². The van der Waals surface area contributed by atoms with E-state index in [-0.39, 0.29) is 16.8 Å². The number of hydrogen-bond donors (Lipinski definition) is 2. The van der Waals surface area contributed by atoms with E-state index in [2.05, 4.69) is 16.0 Å². The molecule has 3 aromatic rings. The van der Waals surface area contributed by atoms with Gasteiger partial charge in [-0.3, -0.25) is 4.79 Å². The molecule has 1 heterocycles. The minimum atomic E-state index is -1.16. The number of aryl methyl sites for hydroxylation is 2. The molecule has 2 aromatic carbocycles. The summed E-state index contributed by atoms with van der Waals surface area (Å²) in [5.74, 6) is -1.82. The minimum absolute atomic E-state index is 0.0410. The quantitative estimate of drug-likeness (QED) is 0.482. The fourth-order valence-corrected chi connectivity index (χ4v) is 3.37. The minimum Gasteiger partial charge on any atom is -0.478 e. The predicted molar refractivity (Wildman–Crippen MR) is 116 cm³/mol. The molecule has 0 saturated heterocycles. The highest BCUT2D eigenvalue weighted by Crippen LogP contribution is 2.24. The van der Waals surface area contributed by atoms with E-state index in [1.807, 2.05) is 51.1 Å². The Balaban J connectivity index is 1.96. The average molecular weight is 399 g/mol. The van der Waals surface area contributed by atoms with Crippen LogP contribution in [0.2, 0.25) is 0 Å². The lowest BCUT2D eigenvalue weighted by atomic mass is 10.1. The van der Waals surface area contributed by atoms with E-state index in [9.17, 15) is 20.0 Å². The van der Waals surface area contributed by atoms with Crippen molar-refractivity contribution >= 4 is 23.6 Å². The smallest absolute Gasteiger partial charge is 0.337 e. The average Bonchev–Trinajstić information content (AvgIpc) is 2.99. The molecular formula is C24H21N3O3. The van der Waals surface area contributed by atoms with Gasteiger partial charge in [0.05, 0.1) is 11.3 Å².